The zero-order chi connectivity index (χ0) is 13.2. The Kier molecular flexibility index (Phi) is 7.96. The van der Waals surface area contributed by atoms with Gasteiger partial charge in [-0.05, 0) is 32.4 Å². The predicted octanol–water partition coefficient (Wildman–Crippen LogP) is 0.342. The number of nitrogens with zero attached hydrogens (tertiary/aromatic N) is 1. The summed E-state index contributed by atoms with van der Waals surface area (Å²) in [6.45, 7) is 7.08. The molecule has 0 saturated carbocycles. The lowest BCUT2D eigenvalue weighted by molar-refractivity contribution is -0.121. The SMILES string of the molecule is CCCC(=O)NCCOCCN1CCC(N)CC1. The van der Waals surface area contributed by atoms with Crippen molar-refractivity contribution in [1.29, 1.82) is 0 Å². The van der Waals surface area contributed by atoms with Crippen LogP contribution in [0.2, 0.25) is 0 Å². The summed E-state index contributed by atoms with van der Waals surface area (Å²) in [5.41, 5.74) is 5.85. The Morgan fingerprint density at radius 1 is 1.39 bits per heavy atom. The third-order valence-corrected chi connectivity index (χ3v) is 3.23. The molecule has 0 spiro atoms. The van der Waals surface area contributed by atoms with Crippen molar-refractivity contribution in [1.82, 2.24) is 10.2 Å². The monoisotopic (exact) mass is 257 g/mol. The van der Waals surface area contributed by atoms with Crippen LogP contribution in [0.25, 0.3) is 0 Å². The van der Waals surface area contributed by atoms with Crippen LogP contribution in [0, 0.1) is 0 Å². The number of hydrogen-bond acceptors (Lipinski definition) is 4. The van der Waals surface area contributed by atoms with Crippen molar-refractivity contribution in [2.24, 2.45) is 5.73 Å². The second-order valence-electron chi connectivity index (χ2n) is 4.89. The number of piperidine rings is 1. The summed E-state index contributed by atoms with van der Waals surface area (Å²) in [4.78, 5) is 13.6. The maximum absolute atomic E-state index is 11.2. The highest BCUT2D eigenvalue weighted by atomic mass is 16.5. The Labute approximate surface area is 110 Å². The Balaban J connectivity index is 1.88. The third-order valence-electron chi connectivity index (χ3n) is 3.23. The first-order valence-corrected chi connectivity index (χ1v) is 7.04. The molecule has 0 aliphatic carbocycles. The molecule has 5 heteroatoms. The second kappa shape index (κ2) is 9.30. The van der Waals surface area contributed by atoms with Gasteiger partial charge in [-0.15, -0.1) is 0 Å². The van der Waals surface area contributed by atoms with Crippen molar-refractivity contribution < 1.29 is 9.53 Å². The first-order chi connectivity index (χ1) is 8.72. The van der Waals surface area contributed by atoms with Gasteiger partial charge in [-0.25, -0.2) is 0 Å². The first-order valence-electron chi connectivity index (χ1n) is 7.04. The Morgan fingerprint density at radius 2 is 2.11 bits per heavy atom. The van der Waals surface area contributed by atoms with Crippen molar-refractivity contribution in [3.63, 3.8) is 0 Å². The van der Waals surface area contributed by atoms with Crippen LogP contribution >= 0.6 is 0 Å². The summed E-state index contributed by atoms with van der Waals surface area (Å²) in [5.74, 6) is 0.117. The van der Waals surface area contributed by atoms with Gasteiger partial charge in [0.05, 0.1) is 13.2 Å². The van der Waals surface area contributed by atoms with E-state index in [9.17, 15) is 4.79 Å². The largest absolute Gasteiger partial charge is 0.378 e. The summed E-state index contributed by atoms with van der Waals surface area (Å²) in [6.07, 6.45) is 3.68. The number of carbonyl (C=O) groups is 1. The average Bonchev–Trinajstić information content (AvgIpc) is 2.36. The van der Waals surface area contributed by atoms with E-state index in [4.69, 9.17) is 10.5 Å². The third kappa shape index (κ3) is 6.93. The van der Waals surface area contributed by atoms with Gasteiger partial charge < -0.3 is 20.7 Å². The fourth-order valence-electron chi connectivity index (χ4n) is 2.05. The van der Waals surface area contributed by atoms with Crippen LogP contribution in [-0.4, -0.2) is 56.2 Å². The van der Waals surface area contributed by atoms with E-state index >= 15 is 0 Å². The first kappa shape index (κ1) is 15.4. The molecule has 1 fully saturated rings. The smallest absolute Gasteiger partial charge is 0.220 e. The van der Waals surface area contributed by atoms with Gasteiger partial charge in [0.1, 0.15) is 0 Å². The van der Waals surface area contributed by atoms with E-state index in [1.54, 1.807) is 0 Å². The quantitative estimate of drug-likeness (QED) is 0.615. The topological polar surface area (TPSA) is 67.6 Å². The molecule has 5 nitrogen and oxygen atoms in total. The van der Waals surface area contributed by atoms with Crippen molar-refractivity contribution in [3.8, 4) is 0 Å². The number of carbonyl (C=O) groups excluding carboxylic acids is 1. The fraction of sp³-hybridized carbons (Fsp3) is 0.923. The highest BCUT2D eigenvalue weighted by molar-refractivity contribution is 5.75. The molecule has 1 heterocycles. The average molecular weight is 257 g/mol. The highest BCUT2D eigenvalue weighted by Gasteiger charge is 2.14. The summed E-state index contributed by atoms with van der Waals surface area (Å²) < 4.78 is 5.50. The Bertz CT molecular complexity index is 228. The highest BCUT2D eigenvalue weighted by Crippen LogP contribution is 2.07. The lowest BCUT2D eigenvalue weighted by atomic mass is 10.1. The van der Waals surface area contributed by atoms with Crippen LogP contribution in [0.3, 0.4) is 0 Å². The van der Waals surface area contributed by atoms with E-state index in [1.165, 1.54) is 0 Å². The van der Waals surface area contributed by atoms with Crippen molar-refractivity contribution in [2.75, 3.05) is 39.4 Å². The van der Waals surface area contributed by atoms with E-state index in [0.29, 0.717) is 25.6 Å². The lowest BCUT2D eigenvalue weighted by Crippen LogP contribution is -2.41. The Hall–Kier alpha value is -0.650. The molecule has 1 aliphatic rings. The zero-order valence-electron chi connectivity index (χ0n) is 11.5. The van der Waals surface area contributed by atoms with Gasteiger partial charge in [0.15, 0.2) is 0 Å². The lowest BCUT2D eigenvalue weighted by Gasteiger charge is -2.29. The molecule has 1 amide bonds. The second-order valence-corrected chi connectivity index (χ2v) is 4.89. The molecule has 3 N–H and O–H groups in total. The number of nitrogens with one attached hydrogen (secondary N) is 1. The number of nitrogens with two attached hydrogens (primary N) is 1. The zero-order valence-corrected chi connectivity index (χ0v) is 11.5. The van der Waals surface area contributed by atoms with Crippen LogP contribution in [0.15, 0.2) is 0 Å². The molecule has 1 aliphatic heterocycles. The normalized spacial score (nSPS) is 17.9. The number of likely N-dealkylation sites (tertiary alicyclic amines) is 1. The van der Waals surface area contributed by atoms with Gasteiger partial charge in [0.2, 0.25) is 5.91 Å². The van der Waals surface area contributed by atoms with Crippen LogP contribution in [0.4, 0.5) is 0 Å². The molecule has 0 aromatic heterocycles. The minimum absolute atomic E-state index is 0.117. The maximum atomic E-state index is 11.2. The molecule has 0 atom stereocenters. The fourth-order valence-corrected chi connectivity index (χ4v) is 2.05. The summed E-state index contributed by atoms with van der Waals surface area (Å²) >= 11 is 0. The van der Waals surface area contributed by atoms with Crippen LogP contribution in [-0.2, 0) is 9.53 Å². The number of rotatable bonds is 8. The molecular formula is C13H27N3O2. The van der Waals surface area contributed by atoms with E-state index in [1.807, 2.05) is 6.92 Å². The molecule has 1 rings (SSSR count). The Morgan fingerprint density at radius 3 is 2.78 bits per heavy atom. The number of ether oxygens (including phenoxy) is 1. The summed E-state index contributed by atoms with van der Waals surface area (Å²) in [5, 5.41) is 2.83. The van der Waals surface area contributed by atoms with Gasteiger partial charge in [0.25, 0.3) is 0 Å². The van der Waals surface area contributed by atoms with E-state index in [2.05, 4.69) is 10.2 Å². The van der Waals surface area contributed by atoms with Crippen molar-refractivity contribution in [3.05, 3.63) is 0 Å². The molecule has 0 bridgehead atoms. The van der Waals surface area contributed by atoms with Crippen molar-refractivity contribution >= 4 is 5.91 Å². The minimum atomic E-state index is 0.117. The van der Waals surface area contributed by atoms with Gasteiger partial charge in [-0.3, -0.25) is 4.79 Å². The number of amides is 1. The molecule has 1 saturated heterocycles. The molecule has 0 aromatic carbocycles. The molecule has 0 aromatic rings. The predicted molar refractivity (Wildman–Crippen MR) is 72.4 cm³/mol. The van der Waals surface area contributed by atoms with Gasteiger partial charge >= 0.3 is 0 Å². The van der Waals surface area contributed by atoms with E-state index in [-0.39, 0.29) is 5.91 Å². The maximum Gasteiger partial charge on any atom is 0.220 e. The van der Waals surface area contributed by atoms with E-state index < -0.39 is 0 Å². The van der Waals surface area contributed by atoms with Gasteiger partial charge in [0, 0.05) is 25.6 Å². The molecule has 0 radical (unpaired) electrons. The minimum Gasteiger partial charge on any atom is -0.378 e. The molecule has 0 unspecified atom stereocenters. The molecular weight excluding hydrogens is 230 g/mol. The summed E-state index contributed by atoms with van der Waals surface area (Å²) in [7, 11) is 0. The van der Waals surface area contributed by atoms with Crippen LogP contribution < -0.4 is 11.1 Å². The van der Waals surface area contributed by atoms with Crippen LogP contribution in [0.5, 0.6) is 0 Å². The van der Waals surface area contributed by atoms with Gasteiger partial charge in [-0.2, -0.15) is 0 Å². The van der Waals surface area contributed by atoms with Crippen LogP contribution in [0.1, 0.15) is 32.6 Å². The standard InChI is InChI=1S/C13H27N3O2/c1-2-3-13(17)15-6-10-18-11-9-16-7-4-12(14)5-8-16/h12H,2-11,14H2,1H3,(H,15,17). The van der Waals surface area contributed by atoms with Crippen molar-refractivity contribution in [2.45, 2.75) is 38.6 Å². The van der Waals surface area contributed by atoms with Gasteiger partial charge in [-0.1, -0.05) is 6.92 Å². The summed E-state index contributed by atoms with van der Waals surface area (Å²) in [6, 6.07) is 0.385. The molecule has 18 heavy (non-hydrogen) atoms. The number of hydrogen-bond donors (Lipinski definition) is 2. The van der Waals surface area contributed by atoms with E-state index in [0.717, 1.165) is 45.5 Å². The molecule has 106 valence electrons.